The first-order valence-corrected chi connectivity index (χ1v) is 7.64. The summed E-state index contributed by atoms with van der Waals surface area (Å²) in [4.78, 5) is 15.7. The molecule has 0 saturated carbocycles. The van der Waals surface area contributed by atoms with Gasteiger partial charge in [-0.25, -0.2) is 4.98 Å². The molecule has 0 fully saturated rings. The Morgan fingerprint density at radius 3 is 3.06 bits per heavy atom. The molecule has 18 heavy (non-hydrogen) atoms. The van der Waals surface area contributed by atoms with Crippen LogP contribution in [-0.4, -0.2) is 32.0 Å². The normalized spacial score (nSPS) is 10.5. The second-order valence-electron chi connectivity index (χ2n) is 3.27. The first kappa shape index (κ1) is 13.2. The smallest absolute Gasteiger partial charge is 0.313 e. The third-order valence-corrected chi connectivity index (χ3v) is 4.90. The molecule has 0 aromatic carbocycles. The summed E-state index contributed by atoms with van der Waals surface area (Å²) in [5.41, 5.74) is 2.82. The maximum Gasteiger partial charge on any atom is 0.313 e. The lowest BCUT2D eigenvalue weighted by atomic mass is 10.4. The number of nitrogens with zero attached hydrogens (tertiary/aromatic N) is 3. The third-order valence-electron chi connectivity index (χ3n) is 1.97. The highest BCUT2D eigenvalue weighted by Crippen LogP contribution is 2.26. The number of anilines is 1. The van der Waals surface area contributed by atoms with E-state index in [1.165, 1.54) is 23.1 Å². The summed E-state index contributed by atoms with van der Waals surface area (Å²) in [5, 5.41) is 20.3. The van der Waals surface area contributed by atoms with Crippen molar-refractivity contribution in [1.82, 2.24) is 15.2 Å². The largest absolute Gasteiger partial charge is 0.481 e. The van der Waals surface area contributed by atoms with Crippen molar-refractivity contribution < 1.29 is 9.90 Å². The number of nitrogens with one attached hydrogen (secondary N) is 1. The van der Waals surface area contributed by atoms with Crippen LogP contribution >= 0.6 is 34.4 Å². The van der Waals surface area contributed by atoms with Crippen LogP contribution < -0.4 is 5.32 Å². The van der Waals surface area contributed by atoms with Gasteiger partial charge in [-0.15, -0.1) is 21.5 Å². The topological polar surface area (TPSA) is 88.0 Å². The first-order chi connectivity index (χ1) is 8.65. The molecule has 2 rings (SSSR count). The number of hydrogen-bond acceptors (Lipinski definition) is 8. The van der Waals surface area contributed by atoms with Crippen molar-refractivity contribution in [3.8, 4) is 0 Å². The van der Waals surface area contributed by atoms with E-state index in [1.807, 2.05) is 6.92 Å². The first-order valence-electron chi connectivity index (χ1n) is 4.96. The predicted octanol–water partition coefficient (Wildman–Crippen LogP) is 2.09. The summed E-state index contributed by atoms with van der Waals surface area (Å²) >= 11 is 4.11. The second-order valence-corrected chi connectivity index (χ2v) is 6.41. The lowest BCUT2D eigenvalue weighted by Crippen LogP contribution is -1.98. The molecule has 0 aliphatic rings. The Hall–Kier alpha value is -1.19. The zero-order valence-electron chi connectivity index (χ0n) is 9.41. The predicted molar refractivity (Wildman–Crippen MR) is 72.4 cm³/mol. The van der Waals surface area contributed by atoms with Crippen LogP contribution in [0.2, 0.25) is 0 Å². The van der Waals surface area contributed by atoms with Crippen LogP contribution in [0.3, 0.4) is 0 Å². The average molecular weight is 302 g/mol. The lowest BCUT2D eigenvalue weighted by molar-refractivity contribution is -0.133. The van der Waals surface area contributed by atoms with Gasteiger partial charge in [0.25, 0.3) is 0 Å². The maximum absolute atomic E-state index is 10.4. The average Bonchev–Trinajstić information content (AvgIpc) is 2.93. The van der Waals surface area contributed by atoms with E-state index in [2.05, 4.69) is 20.5 Å². The molecule has 2 heterocycles. The van der Waals surface area contributed by atoms with Crippen LogP contribution in [0.25, 0.3) is 0 Å². The Bertz CT molecular complexity index is 539. The van der Waals surface area contributed by atoms with E-state index in [9.17, 15) is 4.79 Å². The number of rotatable bonds is 6. The van der Waals surface area contributed by atoms with Crippen molar-refractivity contribution in [2.24, 2.45) is 0 Å². The standard InChI is InChI=1S/C9H10N4O2S3/c1-5-6(17-4-11-5)2-10-8-12-13-9(18-8)16-3-7(14)15/h4H,2-3H2,1H3,(H,10,12)(H,14,15). The summed E-state index contributed by atoms with van der Waals surface area (Å²) in [6, 6.07) is 0. The summed E-state index contributed by atoms with van der Waals surface area (Å²) in [6.45, 7) is 2.62. The van der Waals surface area contributed by atoms with Gasteiger partial charge in [0.1, 0.15) is 0 Å². The molecular formula is C9H10N4O2S3. The molecule has 0 aliphatic carbocycles. The summed E-state index contributed by atoms with van der Waals surface area (Å²) in [7, 11) is 0. The van der Waals surface area contributed by atoms with Gasteiger partial charge in [-0.1, -0.05) is 23.1 Å². The van der Waals surface area contributed by atoms with Gasteiger partial charge < -0.3 is 10.4 Å². The van der Waals surface area contributed by atoms with Gasteiger partial charge in [-0.3, -0.25) is 4.79 Å². The summed E-state index contributed by atoms with van der Waals surface area (Å²) in [5.74, 6) is -0.854. The van der Waals surface area contributed by atoms with Crippen molar-refractivity contribution in [2.75, 3.05) is 11.1 Å². The van der Waals surface area contributed by atoms with Crippen LogP contribution in [-0.2, 0) is 11.3 Å². The molecule has 0 spiro atoms. The van der Waals surface area contributed by atoms with E-state index in [0.29, 0.717) is 16.0 Å². The summed E-state index contributed by atoms with van der Waals surface area (Å²) < 4.78 is 0.654. The Morgan fingerprint density at radius 1 is 1.56 bits per heavy atom. The van der Waals surface area contributed by atoms with Gasteiger partial charge in [0.15, 0.2) is 4.34 Å². The molecule has 0 atom stereocenters. The van der Waals surface area contributed by atoms with Crippen molar-refractivity contribution in [3.05, 3.63) is 16.1 Å². The summed E-state index contributed by atoms with van der Waals surface area (Å²) in [6.07, 6.45) is 0. The number of aliphatic carboxylic acids is 1. The minimum atomic E-state index is -0.856. The van der Waals surface area contributed by atoms with Gasteiger partial charge in [0.2, 0.25) is 5.13 Å². The van der Waals surface area contributed by atoms with Gasteiger partial charge in [0, 0.05) is 4.88 Å². The SMILES string of the molecule is Cc1ncsc1CNc1nnc(SCC(=O)O)s1. The Morgan fingerprint density at radius 2 is 2.39 bits per heavy atom. The molecule has 96 valence electrons. The van der Waals surface area contributed by atoms with Gasteiger partial charge in [0.05, 0.1) is 23.5 Å². The van der Waals surface area contributed by atoms with Gasteiger partial charge in [-0.2, -0.15) is 0 Å². The van der Waals surface area contributed by atoms with Crippen LogP contribution in [0.15, 0.2) is 9.85 Å². The van der Waals surface area contributed by atoms with Gasteiger partial charge in [-0.05, 0) is 6.92 Å². The van der Waals surface area contributed by atoms with Crippen LogP contribution in [0.5, 0.6) is 0 Å². The van der Waals surface area contributed by atoms with E-state index < -0.39 is 5.97 Å². The number of hydrogen-bond donors (Lipinski definition) is 2. The fourth-order valence-corrected chi connectivity index (χ4v) is 3.30. The van der Waals surface area contributed by atoms with Gasteiger partial charge >= 0.3 is 5.97 Å². The monoisotopic (exact) mass is 302 g/mol. The molecular weight excluding hydrogens is 292 g/mol. The van der Waals surface area contributed by atoms with E-state index in [1.54, 1.807) is 16.8 Å². The molecule has 0 aliphatic heterocycles. The zero-order chi connectivity index (χ0) is 13.0. The number of thioether (sulfide) groups is 1. The van der Waals surface area contributed by atoms with Crippen LogP contribution in [0.1, 0.15) is 10.6 Å². The third kappa shape index (κ3) is 3.65. The molecule has 0 bridgehead atoms. The Kier molecular flexibility index (Phi) is 4.50. The second kappa shape index (κ2) is 6.12. The number of aryl methyl sites for hydroxylation is 1. The van der Waals surface area contributed by atoms with Crippen molar-refractivity contribution in [3.63, 3.8) is 0 Å². The minimum Gasteiger partial charge on any atom is -0.481 e. The molecule has 0 unspecified atom stereocenters. The number of thiazole rings is 1. The van der Waals surface area contributed by atoms with Crippen molar-refractivity contribution in [1.29, 1.82) is 0 Å². The number of carboxylic acids is 1. The highest BCUT2D eigenvalue weighted by Gasteiger charge is 2.08. The highest BCUT2D eigenvalue weighted by atomic mass is 32.2. The minimum absolute atomic E-state index is 0.00257. The van der Waals surface area contributed by atoms with E-state index in [-0.39, 0.29) is 5.75 Å². The van der Waals surface area contributed by atoms with Crippen LogP contribution in [0, 0.1) is 6.92 Å². The molecule has 2 aromatic heterocycles. The highest BCUT2D eigenvalue weighted by molar-refractivity contribution is 8.01. The molecule has 2 aromatic rings. The van der Waals surface area contributed by atoms with E-state index in [0.717, 1.165) is 10.6 Å². The van der Waals surface area contributed by atoms with E-state index in [4.69, 9.17) is 5.11 Å². The van der Waals surface area contributed by atoms with Crippen molar-refractivity contribution >= 4 is 45.5 Å². The van der Waals surface area contributed by atoms with Crippen molar-refractivity contribution in [2.45, 2.75) is 17.8 Å². The molecule has 0 radical (unpaired) electrons. The maximum atomic E-state index is 10.4. The number of carbonyl (C=O) groups is 1. The number of carboxylic acid groups (broad SMARTS) is 1. The molecule has 0 saturated heterocycles. The Labute approximate surface area is 115 Å². The molecule has 6 nitrogen and oxygen atoms in total. The zero-order valence-corrected chi connectivity index (χ0v) is 11.9. The fraction of sp³-hybridized carbons (Fsp3) is 0.333. The quantitative estimate of drug-likeness (QED) is 0.790. The van der Waals surface area contributed by atoms with Crippen LogP contribution in [0.4, 0.5) is 5.13 Å². The molecule has 9 heteroatoms. The lowest BCUT2D eigenvalue weighted by Gasteiger charge is -1.98. The molecule has 2 N–H and O–H groups in total. The van der Waals surface area contributed by atoms with E-state index >= 15 is 0 Å². The Balaban J connectivity index is 1.87. The number of aromatic nitrogens is 3. The fourth-order valence-electron chi connectivity index (χ4n) is 1.11. The molecule has 0 amide bonds.